The Bertz CT molecular complexity index is 763. The maximum atomic E-state index is 12.7. The summed E-state index contributed by atoms with van der Waals surface area (Å²) in [5.41, 5.74) is 1.38. The second-order valence-corrected chi connectivity index (χ2v) is 8.63. The summed E-state index contributed by atoms with van der Waals surface area (Å²) in [5.74, 6) is 0.360. The van der Waals surface area contributed by atoms with Crippen molar-refractivity contribution in [3.63, 3.8) is 0 Å². The van der Waals surface area contributed by atoms with Gasteiger partial charge in [-0.15, -0.1) is 11.3 Å². The Balaban J connectivity index is 1.32. The number of piperidine rings is 1. The summed E-state index contributed by atoms with van der Waals surface area (Å²) < 4.78 is 5.20. The third-order valence-corrected chi connectivity index (χ3v) is 6.81. The first-order chi connectivity index (χ1) is 13.2. The molecule has 2 aliphatic rings. The maximum absolute atomic E-state index is 12.7. The van der Waals surface area contributed by atoms with Gasteiger partial charge in [-0.25, -0.2) is 0 Å². The van der Waals surface area contributed by atoms with Gasteiger partial charge in [-0.1, -0.05) is 12.8 Å². The van der Waals surface area contributed by atoms with Crippen LogP contribution in [0.2, 0.25) is 0 Å². The van der Waals surface area contributed by atoms with Crippen molar-refractivity contribution in [1.29, 1.82) is 0 Å². The van der Waals surface area contributed by atoms with Gasteiger partial charge in [0.25, 0.3) is 11.8 Å². The van der Waals surface area contributed by atoms with E-state index in [1.165, 1.54) is 42.4 Å². The van der Waals surface area contributed by atoms with Crippen LogP contribution in [0.15, 0.2) is 28.9 Å². The van der Waals surface area contributed by atoms with E-state index in [0.29, 0.717) is 18.8 Å². The molecule has 2 aromatic heterocycles. The number of carbonyl (C=O) groups is 2. The molecule has 5 nitrogen and oxygen atoms in total. The van der Waals surface area contributed by atoms with Gasteiger partial charge in [-0.05, 0) is 62.3 Å². The molecule has 0 unspecified atom stereocenters. The fourth-order valence-corrected chi connectivity index (χ4v) is 5.15. The summed E-state index contributed by atoms with van der Waals surface area (Å²) in [7, 11) is 0. The average Bonchev–Trinajstić information content (AvgIpc) is 3.32. The van der Waals surface area contributed by atoms with Gasteiger partial charge in [0.05, 0.1) is 11.1 Å². The third-order valence-electron chi connectivity index (χ3n) is 5.57. The molecule has 0 aromatic carbocycles. The molecule has 1 N–H and O–H groups in total. The van der Waals surface area contributed by atoms with Gasteiger partial charge in [0.1, 0.15) is 0 Å². The number of fused-ring (bicyclic) bond motifs is 1. The molecule has 3 heterocycles. The summed E-state index contributed by atoms with van der Waals surface area (Å²) in [6, 6.07) is 5.66. The van der Waals surface area contributed by atoms with Gasteiger partial charge in [0, 0.05) is 24.0 Å². The standard InChI is InChI=1S/C21H26N2O3S/c24-20(19-14-15-6-3-1-2-4-8-18(15)27-19)22-16-9-11-23(12-10-16)21(25)17-7-5-13-26-17/h5,7,13-14,16H,1-4,6,8-12H2,(H,22,24). The highest BCUT2D eigenvalue weighted by Crippen LogP contribution is 2.28. The zero-order valence-corrected chi connectivity index (χ0v) is 16.4. The SMILES string of the molecule is O=C(NC1CCN(C(=O)c2ccco2)CC1)c1cc2c(s1)CCCCCC2. The zero-order chi connectivity index (χ0) is 18.6. The van der Waals surface area contributed by atoms with Crippen molar-refractivity contribution in [2.24, 2.45) is 0 Å². The Morgan fingerprint density at radius 1 is 1.11 bits per heavy atom. The van der Waals surface area contributed by atoms with Crippen molar-refractivity contribution in [2.45, 2.75) is 57.4 Å². The number of furan rings is 1. The van der Waals surface area contributed by atoms with Gasteiger partial charge >= 0.3 is 0 Å². The largest absolute Gasteiger partial charge is 0.459 e. The number of carbonyl (C=O) groups excluding carboxylic acids is 2. The number of hydrogen-bond donors (Lipinski definition) is 1. The molecule has 144 valence electrons. The third kappa shape index (κ3) is 4.26. The van der Waals surface area contributed by atoms with E-state index in [0.717, 1.165) is 30.6 Å². The van der Waals surface area contributed by atoms with Crippen molar-refractivity contribution < 1.29 is 14.0 Å². The van der Waals surface area contributed by atoms with Crippen LogP contribution in [0.25, 0.3) is 0 Å². The first-order valence-corrected chi connectivity index (χ1v) is 10.8. The zero-order valence-electron chi connectivity index (χ0n) is 15.5. The van der Waals surface area contributed by atoms with Crippen LogP contribution in [0.3, 0.4) is 0 Å². The number of nitrogens with zero attached hydrogens (tertiary/aromatic N) is 1. The number of likely N-dealkylation sites (tertiary alicyclic amines) is 1. The molecule has 0 bridgehead atoms. The van der Waals surface area contributed by atoms with Crippen LogP contribution >= 0.6 is 11.3 Å². The molecule has 6 heteroatoms. The Morgan fingerprint density at radius 3 is 2.63 bits per heavy atom. The molecular weight excluding hydrogens is 360 g/mol. The van der Waals surface area contributed by atoms with Gasteiger partial charge < -0.3 is 14.6 Å². The van der Waals surface area contributed by atoms with Crippen LogP contribution in [0.5, 0.6) is 0 Å². The predicted octanol–water partition coefficient (Wildman–Crippen LogP) is 4.03. The summed E-state index contributed by atoms with van der Waals surface area (Å²) >= 11 is 1.67. The summed E-state index contributed by atoms with van der Waals surface area (Å²) in [6.07, 6.45) is 10.4. The van der Waals surface area contributed by atoms with E-state index in [9.17, 15) is 9.59 Å². The lowest BCUT2D eigenvalue weighted by Crippen LogP contribution is -2.46. The lowest BCUT2D eigenvalue weighted by Gasteiger charge is -2.31. The lowest BCUT2D eigenvalue weighted by atomic mass is 9.99. The molecule has 1 aliphatic heterocycles. The molecule has 0 saturated carbocycles. The first-order valence-electron chi connectivity index (χ1n) is 9.96. The molecule has 1 saturated heterocycles. The number of aryl methyl sites for hydroxylation is 2. The van der Waals surface area contributed by atoms with Gasteiger partial charge in [0.2, 0.25) is 0 Å². The lowest BCUT2D eigenvalue weighted by molar-refractivity contribution is 0.0667. The molecule has 1 fully saturated rings. The molecule has 0 atom stereocenters. The second kappa shape index (κ2) is 8.30. The summed E-state index contributed by atoms with van der Waals surface area (Å²) in [5, 5.41) is 3.18. The highest BCUT2D eigenvalue weighted by molar-refractivity contribution is 7.14. The normalized spacial score (nSPS) is 18.4. The van der Waals surface area contributed by atoms with Crippen molar-refractivity contribution >= 4 is 23.2 Å². The Labute approximate surface area is 163 Å². The van der Waals surface area contributed by atoms with Crippen LogP contribution in [0.1, 0.15) is 69.2 Å². The summed E-state index contributed by atoms with van der Waals surface area (Å²) in [4.78, 5) is 29.1. The topological polar surface area (TPSA) is 62.6 Å². The van der Waals surface area contributed by atoms with E-state index in [1.807, 2.05) is 0 Å². The highest BCUT2D eigenvalue weighted by atomic mass is 32.1. The molecule has 27 heavy (non-hydrogen) atoms. The first kappa shape index (κ1) is 18.3. The van der Waals surface area contributed by atoms with E-state index in [1.54, 1.807) is 28.4 Å². The van der Waals surface area contributed by atoms with Gasteiger partial charge in [-0.3, -0.25) is 9.59 Å². The van der Waals surface area contributed by atoms with Gasteiger partial charge in [-0.2, -0.15) is 0 Å². The molecule has 0 spiro atoms. The molecule has 0 radical (unpaired) electrons. The van der Waals surface area contributed by atoms with Crippen LogP contribution in [0.4, 0.5) is 0 Å². The molecule has 4 rings (SSSR count). The molecular formula is C21H26N2O3S. The number of thiophene rings is 1. The predicted molar refractivity (Wildman–Crippen MR) is 105 cm³/mol. The quantitative estimate of drug-likeness (QED) is 0.866. The van der Waals surface area contributed by atoms with E-state index in [-0.39, 0.29) is 17.9 Å². The summed E-state index contributed by atoms with van der Waals surface area (Å²) in [6.45, 7) is 1.29. The Kier molecular flexibility index (Phi) is 5.62. The van der Waals surface area contributed by atoms with Crippen molar-refractivity contribution in [3.05, 3.63) is 45.5 Å². The van der Waals surface area contributed by atoms with E-state index in [4.69, 9.17) is 4.42 Å². The number of nitrogens with one attached hydrogen (secondary N) is 1. The smallest absolute Gasteiger partial charge is 0.289 e. The van der Waals surface area contributed by atoms with Crippen LogP contribution < -0.4 is 5.32 Å². The minimum atomic E-state index is -0.0668. The number of rotatable bonds is 3. The Hall–Kier alpha value is -2.08. The molecule has 2 amide bonds. The number of hydrogen-bond acceptors (Lipinski definition) is 4. The highest BCUT2D eigenvalue weighted by Gasteiger charge is 2.26. The van der Waals surface area contributed by atoms with E-state index in [2.05, 4.69) is 11.4 Å². The van der Waals surface area contributed by atoms with Crippen LogP contribution in [-0.4, -0.2) is 35.8 Å². The Morgan fingerprint density at radius 2 is 1.89 bits per heavy atom. The minimum Gasteiger partial charge on any atom is -0.459 e. The molecule has 2 aromatic rings. The van der Waals surface area contributed by atoms with Crippen LogP contribution in [-0.2, 0) is 12.8 Å². The van der Waals surface area contributed by atoms with Crippen LogP contribution in [0, 0.1) is 0 Å². The van der Waals surface area contributed by atoms with Crippen molar-refractivity contribution in [2.75, 3.05) is 13.1 Å². The van der Waals surface area contributed by atoms with E-state index >= 15 is 0 Å². The van der Waals surface area contributed by atoms with Crippen molar-refractivity contribution in [1.82, 2.24) is 10.2 Å². The second-order valence-electron chi connectivity index (χ2n) is 7.49. The minimum absolute atomic E-state index is 0.0440. The van der Waals surface area contributed by atoms with E-state index < -0.39 is 0 Å². The van der Waals surface area contributed by atoms with Crippen molar-refractivity contribution in [3.8, 4) is 0 Å². The van der Waals surface area contributed by atoms with Gasteiger partial charge in [0.15, 0.2) is 5.76 Å². The fraction of sp³-hybridized carbons (Fsp3) is 0.524. The molecule has 1 aliphatic carbocycles. The average molecular weight is 387 g/mol. The number of amides is 2. The fourth-order valence-electron chi connectivity index (χ4n) is 4.00. The monoisotopic (exact) mass is 386 g/mol. The maximum Gasteiger partial charge on any atom is 0.289 e.